The first-order valence-electron chi connectivity index (χ1n) is 8.86. The minimum atomic E-state index is -0.860. The number of carboxylic acids is 1. The smallest absolute Gasteiger partial charge is 0.328 e. The van der Waals surface area contributed by atoms with Crippen LogP contribution in [0.4, 0.5) is 0 Å². The Kier molecular flexibility index (Phi) is 5.10. The molecule has 0 aromatic carbocycles. The van der Waals surface area contributed by atoms with Crippen LogP contribution in [-0.2, 0) is 4.79 Å². The van der Waals surface area contributed by atoms with E-state index in [-0.39, 0.29) is 16.9 Å². The highest BCUT2D eigenvalue weighted by Crippen LogP contribution is 2.61. The molecule has 0 aliphatic heterocycles. The van der Waals surface area contributed by atoms with Crippen molar-refractivity contribution >= 4 is 5.97 Å². The number of carboxylic acid groups (broad SMARTS) is 1. The summed E-state index contributed by atoms with van der Waals surface area (Å²) in [4.78, 5) is 10.9. The highest BCUT2D eigenvalue weighted by molar-refractivity contribution is 5.80. The van der Waals surface area contributed by atoms with Crippen LogP contribution in [0.25, 0.3) is 0 Å². The van der Waals surface area contributed by atoms with E-state index in [1.54, 1.807) is 0 Å². The van der Waals surface area contributed by atoms with E-state index in [0.717, 1.165) is 24.8 Å². The Balaban J connectivity index is 2.27. The number of hydrogen-bond donors (Lipinski definition) is 2. The maximum atomic E-state index is 10.9. The van der Waals surface area contributed by atoms with Crippen LogP contribution in [0, 0.1) is 22.7 Å². The van der Waals surface area contributed by atoms with E-state index in [1.165, 1.54) is 24.5 Å². The molecule has 3 nitrogen and oxygen atoms in total. The molecule has 2 N–H and O–H groups in total. The average Bonchev–Trinajstić information content (AvgIpc) is 2.44. The molecule has 0 spiro atoms. The van der Waals surface area contributed by atoms with Gasteiger partial charge in [0.15, 0.2) is 0 Å². The van der Waals surface area contributed by atoms with E-state index in [2.05, 4.69) is 27.7 Å². The number of aliphatic hydroxyl groups excluding tert-OH is 1. The van der Waals surface area contributed by atoms with E-state index < -0.39 is 5.97 Å². The summed E-state index contributed by atoms with van der Waals surface area (Å²) >= 11 is 0. The van der Waals surface area contributed by atoms with Crippen molar-refractivity contribution in [3.63, 3.8) is 0 Å². The van der Waals surface area contributed by atoms with Crippen molar-refractivity contribution in [2.45, 2.75) is 72.8 Å². The zero-order valence-corrected chi connectivity index (χ0v) is 15.2. The third-order valence-electron chi connectivity index (χ3n) is 7.04. The number of aliphatic carboxylic acids is 1. The van der Waals surface area contributed by atoms with Crippen molar-refractivity contribution in [2.24, 2.45) is 22.7 Å². The molecule has 1 fully saturated rings. The molecule has 2 rings (SSSR count). The molecule has 0 amide bonds. The van der Waals surface area contributed by atoms with Crippen LogP contribution in [0.2, 0.25) is 0 Å². The van der Waals surface area contributed by atoms with Gasteiger partial charge in [-0.2, -0.15) is 0 Å². The van der Waals surface area contributed by atoms with Crippen LogP contribution >= 0.6 is 0 Å². The van der Waals surface area contributed by atoms with Crippen molar-refractivity contribution < 1.29 is 15.0 Å². The second-order valence-corrected chi connectivity index (χ2v) is 8.40. The summed E-state index contributed by atoms with van der Waals surface area (Å²) < 4.78 is 0. The molecule has 0 saturated heterocycles. The van der Waals surface area contributed by atoms with Crippen molar-refractivity contribution in [3.8, 4) is 0 Å². The Bertz CT molecular complexity index is 533. The number of allylic oxidation sites excluding steroid dienone is 2. The van der Waals surface area contributed by atoms with Crippen molar-refractivity contribution in [1.29, 1.82) is 0 Å². The molecule has 130 valence electrons. The standard InChI is InChI=1S/C20H32O3/c1-13(10-18(22)23)6-8-19(4)14(2)7-9-20(5)15(3)11-16(21)12-17(19)20/h10-11,14,16-17,21H,6-9,12H2,1-5H3,(H,22,23)/b13-10-/t14-,16-,17-,19+,20-/m1/s1. The minimum absolute atomic E-state index is 0.136. The number of fused-ring (bicyclic) bond motifs is 1. The van der Waals surface area contributed by atoms with E-state index in [1.807, 2.05) is 13.0 Å². The Morgan fingerprint density at radius 2 is 2.09 bits per heavy atom. The number of aliphatic hydroxyl groups is 1. The van der Waals surface area contributed by atoms with Gasteiger partial charge in [0.05, 0.1) is 6.10 Å². The molecular weight excluding hydrogens is 288 g/mol. The average molecular weight is 320 g/mol. The molecule has 2 aliphatic rings. The van der Waals surface area contributed by atoms with Crippen LogP contribution in [0.1, 0.15) is 66.7 Å². The molecular formula is C20H32O3. The van der Waals surface area contributed by atoms with Gasteiger partial charge in [-0.15, -0.1) is 0 Å². The third-order valence-corrected chi connectivity index (χ3v) is 7.04. The normalized spacial score (nSPS) is 41.2. The van der Waals surface area contributed by atoms with Gasteiger partial charge in [0.2, 0.25) is 0 Å². The highest BCUT2D eigenvalue weighted by Gasteiger charge is 2.53. The van der Waals surface area contributed by atoms with E-state index >= 15 is 0 Å². The van der Waals surface area contributed by atoms with Crippen molar-refractivity contribution in [2.75, 3.05) is 0 Å². The summed E-state index contributed by atoms with van der Waals surface area (Å²) in [6.07, 6.45) is 8.06. The quantitative estimate of drug-likeness (QED) is 0.589. The molecule has 0 heterocycles. The molecule has 2 aliphatic carbocycles. The Hall–Kier alpha value is -1.09. The lowest BCUT2D eigenvalue weighted by molar-refractivity contribution is -0.131. The van der Waals surface area contributed by atoms with Gasteiger partial charge in [0, 0.05) is 6.08 Å². The van der Waals surface area contributed by atoms with Gasteiger partial charge in [-0.25, -0.2) is 4.79 Å². The molecule has 0 radical (unpaired) electrons. The molecule has 23 heavy (non-hydrogen) atoms. The predicted molar refractivity (Wildman–Crippen MR) is 93.1 cm³/mol. The third kappa shape index (κ3) is 3.40. The van der Waals surface area contributed by atoms with Gasteiger partial charge in [0.1, 0.15) is 0 Å². The SMILES string of the molecule is CC1=C[C@@H](O)C[C@@H]2[C@@](C)(CC/C(C)=C\C(=O)O)[C@H](C)CC[C@]12C. The summed E-state index contributed by atoms with van der Waals surface area (Å²) in [5, 5.41) is 19.2. The van der Waals surface area contributed by atoms with Gasteiger partial charge in [-0.3, -0.25) is 0 Å². The van der Waals surface area contributed by atoms with Crippen LogP contribution in [0.5, 0.6) is 0 Å². The largest absolute Gasteiger partial charge is 0.478 e. The molecule has 1 saturated carbocycles. The lowest BCUT2D eigenvalue weighted by Gasteiger charge is -2.58. The summed E-state index contributed by atoms with van der Waals surface area (Å²) in [5.74, 6) is 0.189. The molecule has 0 aromatic heterocycles. The fourth-order valence-corrected chi connectivity index (χ4v) is 5.05. The summed E-state index contributed by atoms with van der Waals surface area (Å²) in [7, 11) is 0. The second kappa shape index (κ2) is 6.43. The zero-order valence-electron chi connectivity index (χ0n) is 15.2. The van der Waals surface area contributed by atoms with Crippen LogP contribution in [-0.4, -0.2) is 22.3 Å². The van der Waals surface area contributed by atoms with E-state index in [0.29, 0.717) is 11.8 Å². The first-order chi connectivity index (χ1) is 10.6. The summed E-state index contributed by atoms with van der Waals surface area (Å²) in [5.41, 5.74) is 2.57. The predicted octanol–water partition coefficient (Wildman–Crippen LogP) is 4.57. The van der Waals surface area contributed by atoms with Gasteiger partial charge >= 0.3 is 5.97 Å². The van der Waals surface area contributed by atoms with Gasteiger partial charge in [0.25, 0.3) is 0 Å². The molecule has 0 aromatic rings. The number of carbonyl (C=O) groups is 1. The Morgan fingerprint density at radius 1 is 1.43 bits per heavy atom. The first kappa shape index (κ1) is 18.3. The number of hydrogen-bond acceptors (Lipinski definition) is 2. The van der Waals surface area contributed by atoms with Crippen molar-refractivity contribution in [1.82, 2.24) is 0 Å². The first-order valence-corrected chi connectivity index (χ1v) is 8.86. The van der Waals surface area contributed by atoms with E-state index in [4.69, 9.17) is 5.11 Å². The topological polar surface area (TPSA) is 57.5 Å². The monoisotopic (exact) mass is 320 g/mol. The van der Waals surface area contributed by atoms with Crippen molar-refractivity contribution in [3.05, 3.63) is 23.3 Å². The Labute approximate surface area is 140 Å². The zero-order chi connectivity index (χ0) is 17.4. The van der Waals surface area contributed by atoms with Gasteiger partial charge in [-0.05, 0) is 68.6 Å². The molecule has 5 atom stereocenters. The Morgan fingerprint density at radius 3 is 2.70 bits per heavy atom. The fourth-order valence-electron chi connectivity index (χ4n) is 5.05. The van der Waals surface area contributed by atoms with Crippen LogP contribution in [0.15, 0.2) is 23.3 Å². The maximum Gasteiger partial charge on any atom is 0.328 e. The second-order valence-electron chi connectivity index (χ2n) is 8.40. The van der Waals surface area contributed by atoms with Gasteiger partial charge < -0.3 is 10.2 Å². The molecule has 0 unspecified atom stereocenters. The lowest BCUT2D eigenvalue weighted by atomic mass is 9.46. The molecule has 0 bridgehead atoms. The van der Waals surface area contributed by atoms with Crippen LogP contribution < -0.4 is 0 Å². The summed E-state index contributed by atoms with van der Waals surface area (Å²) in [6, 6.07) is 0. The summed E-state index contributed by atoms with van der Waals surface area (Å²) in [6.45, 7) is 11.1. The number of rotatable bonds is 4. The minimum Gasteiger partial charge on any atom is -0.478 e. The lowest BCUT2D eigenvalue weighted by Crippen LogP contribution is -2.51. The fraction of sp³-hybridized carbons (Fsp3) is 0.750. The van der Waals surface area contributed by atoms with Gasteiger partial charge in [-0.1, -0.05) is 38.0 Å². The molecule has 3 heteroatoms. The van der Waals surface area contributed by atoms with Crippen LogP contribution in [0.3, 0.4) is 0 Å². The highest BCUT2D eigenvalue weighted by atomic mass is 16.4. The maximum absolute atomic E-state index is 10.9. The van der Waals surface area contributed by atoms with E-state index in [9.17, 15) is 9.90 Å².